The zero-order chi connectivity index (χ0) is 16.4. The number of carbonyl (C=O) groups excluding carboxylic acids is 2. The van der Waals surface area contributed by atoms with Gasteiger partial charge in [-0.05, 0) is 49.9 Å². The highest BCUT2D eigenvalue weighted by Gasteiger charge is 2.08. The molecule has 0 atom stereocenters. The third-order valence-electron chi connectivity index (χ3n) is 3.13. The van der Waals surface area contributed by atoms with Gasteiger partial charge in [0.05, 0.1) is 6.61 Å². The van der Waals surface area contributed by atoms with Crippen molar-refractivity contribution in [3.05, 3.63) is 28.8 Å². The van der Waals surface area contributed by atoms with Gasteiger partial charge >= 0.3 is 11.9 Å². The molecule has 122 valence electrons. The normalized spacial score (nSPS) is 10.3. The molecule has 1 aromatic rings. The molecule has 5 heteroatoms. The quantitative estimate of drug-likeness (QED) is 0.382. The van der Waals surface area contributed by atoms with Crippen molar-refractivity contribution in [2.24, 2.45) is 0 Å². The number of ether oxygens (including phenoxy) is 2. The minimum Gasteiger partial charge on any atom is -0.466 e. The fourth-order valence-corrected chi connectivity index (χ4v) is 1.92. The largest absolute Gasteiger partial charge is 0.466 e. The van der Waals surface area contributed by atoms with Crippen LogP contribution in [0, 0.1) is 6.92 Å². The van der Waals surface area contributed by atoms with Crippen molar-refractivity contribution in [3.63, 3.8) is 0 Å². The van der Waals surface area contributed by atoms with Gasteiger partial charge in [-0.2, -0.15) is 0 Å². The molecule has 4 nitrogen and oxygen atoms in total. The van der Waals surface area contributed by atoms with Gasteiger partial charge in [-0.15, -0.1) is 0 Å². The molecule has 0 heterocycles. The summed E-state index contributed by atoms with van der Waals surface area (Å²) >= 11 is 5.91. The Morgan fingerprint density at radius 3 is 2.41 bits per heavy atom. The highest BCUT2D eigenvalue weighted by Crippen LogP contribution is 2.21. The molecule has 0 aliphatic rings. The van der Waals surface area contributed by atoms with Crippen LogP contribution in [0.2, 0.25) is 5.02 Å². The summed E-state index contributed by atoms with van der Waals surface area (Å²) in [5.41, 5.74) is 0.863. The standard InChI is InChI=1S/C17H23ClO4/c1-3-4-11-21-16(19)7-5-6-8-17(20)22-14-9-10-15(18)13(2)12-14/h9-10,12H,3-8,11H2,1-2H3. The summed E-state index contributed by atoms with van der Waals surface area (Å²) in [6.45, 7) is 4.37. The van der Waals surface area contributed by atoms with Gasteiger partial charge in [-0.25, -0.2) is 0 Å². The Kier molecular flexibility index (Phi) is 8.60. The number of hydrogen-bond acceptors (Lipinski definition) is 4. The highest BCUT2D eigenvalue weighted by atomic mass is 35.5. The topological polar surface area (TPSA) is 52.6 Å². The number of carbonyl (C=O) groups is 2. The zero-order valence-corrected chi connectivity index (χ0v) is 13.9. The van der Waals surface area contributed by atoms with E-state index in [-0.39, 0.29) is 18.4 Å². The lowest BCUT2D eigenvalue weighted by Gasteiger charge is -2.06. The van der Waals surface area contributed by atoms with E-state index in [1.54, 1.807) is 18.2 Å². The number of benzene rings is 1. The number of rotatable bonds is 9. The Morgan fingerprint density at radius 2 is 1.77 bits per heavy atom. The van der Waals surface area contributed by atoms with Gasteiger partial charge in [0.1, 0.15) is 5.75 Å². The molecule has 0 N–H and O–H groups in total. The smallest absolute Gasteiger partial charge is 0.311 e. The van der Waals surface area contributed by atoms with E-state index in [0.717, 1.165) is 18.4 Å². The third kappa shape index (κ3) is 7.46. The van der Waals surface area contributed by atoms with Gasteiger partial charge in [-0.1, -0.05) is 24.9 Å². The Bertz CT molecular complexity index is 499. The lowest BCUT2D eigenvalue weighted by atomic mass is 10.2. The maximum atomic E-state index is 11.7. The second-order valence-electron chi connectivity index (χ2n) is 5.17. The van der Waals surface area contributed by atoms with E-state index in [4.69, 9.17) is 21.1 Å². The van der Waals surface area contributed by atoms with E-state index >= 15 is 0 Å². The van der Waals surface area contributed by atoms with Crippen LogP contribution in [0.3, 0.4) is 0 Å². The van der Waals surface area contributed by atoms with E-state index in [2.05, 4.69) is 0 Å². The number of unbranched alkanes of at least 4 members (excludes halogenated alkanes) is 2. The third-order valence-corrected chi connectivity index (χ3v) is 3.56. The zero-order valence-electron chi connectivity index (χ0n) is 13.2. The lowest BCUT2D eigenvalue weighted by Crippen LogP contribution is -2.09. The minimum absolute atomic E-state index is 0.199. The van der Waals surface area contributed by atoms with E-state index in [1.807, 2.05) is 13.8 Å². The molecule has 0 amide bonds. The second kappa shape index (κ2) is 10.2. The molecule has 0 aliphatic carbocycles. The summed E-state index contributed by atoms with van der Waals surface area (Å²) in [4.78, 5) is 23.1. The average Bonchev–Trinajstić information content (AvgIpc) is 2.48. The Morgan fingerprint density at radius 1 is 1.09 bits per heavy atom. The molecule has 0 unspecified atom stereocenters. The molecule has 0 bridgehead atoms. The van der Waals surface area contributed by atoms with Crippen LogP contribution in [0.5, 0.6) is 5.75 Å². The molecule has 0 saturated heterocycles. The van der Waals surface area contributed by atoms with Crippen LogP contribution in [-0.4, -0.2) is 18.5 Å². The van der Waals surface area contributed by atoms with Crippen molar-refractivity contribution in [1.82, 2.24) is 0 Å². The fourth-order valence-electron chi connectivity index (χ4n) is 1.80. The van der Waals surface area contributed by atoms with Crippen LogP contribution < -0.4 is 4.74 Å². The van der Waals surface area contributed by atoms with Gasteiger partial charge in [0, 0.05) is 17.9 Å². The molecular weight excluding hydrogens is 304 g/mol. The maximum absolute atomic E-state index is 11.7. The Balaban J connectivity index is 2.18. The van der Waals surface area contributed by atoms with Crippen molar-refractivity contribution in [1.29, 1.82) is 0 Å². The number of halogens is 1. The molecule has 0 aliphatic heterocycles. The SMILES string of the molecule is CCCCOC(=O)CCCCC(=O)Oc1ccc(Cl)c(C)c1. The van der Waals surface area contributed by atoms with E-state index in [9.17, 15) is 9.59 Å². The summed E-state index contributed by atoms with van der Waals surface area (Å²) in [7, 11) is 0. The van der Waals surface area contributed by atoms with Gasteiger partial charge in [-0.3, -0.25) is 9.59 Å². The van der Waals surface area contributed by atoms with Crippen molar-refractivity contribution in [3.8, 4) is 5.75 Å². The summed E-state index contributed by atoms with van der Waals surface area (Å²) in [6, 6.07) is 5.09. The second-order valence-corrected chi connectivity index (χ2v) is 5.57. The molecular formula is C17H23ClO4. The first-order chi connectivity index (χ1) is 10.5. The van der Waals surface area contributed by atoms with Crippen LogP contribution in [0.15, 0.2) is 18.2 Å². The molecule has 0 radical (unpaired) electrons. The van der Waals surface area contributed by atoms with Crippen LogP contribution >= 0.6 is 11.6 Å². The minimum atomic E-state index is -0.305. The van der Waals surface area contributed by atoms with Gasteiger partial charge in [0.25, 0.3) is 0 Å². The Hall–Kier alpha value is -1.55. The fraction of sp³-hybridized carbons (Fsp3) is 0.529. The monoisotopic (exact) mass is 326 g/mol. The molecule has 0 saturated carbocycles. The maximum Gasteiger partial charge on any atom is 0.311 e. The van der Waals surface area contributed by atoms with Gasteiger partial charge < -0.3 is 9.47 Å². The summed E-state index contributed by atoms with van der Waals surface area (Å²) in [5, 5.41) is 0.640. The highest BCUT2D eigenvalue weighted by molar-refractivity contribution is 6.31. The van der Waals surface area contributed by atoms with Crippen LogP contribution in [0.4, 0.5) is 0 Å². The molecule has 22 heavy (non-hydrogen) atoms. The summed E-state index contributed by atoms with van der Waals surface area (Å²) < 4.78 is 10.3. The van der Waals surface area contributed by atoms with Crippen LogP contribution in [-0.2, 0) is 14.3 Å². The van der Waals surface area contributed by atoms with E-state index < -0.39 is 0 Å². The molecule has 0 fully saturated rings. The molecule has 0 aromatic heterocycles. The molecule has 1 aromatic carbocycles. The van der Waals surface area contributed by atoms with Crippen molar-refractivity contribution >= 4 is 23.5 Å². The number of hydrogen-bond donors (Lipinski definition) is 0. The summed E-state index contributed by atoms with van der Waals surface area (Å²) in [5.74, 6) is -0.0120. The van der Waals surface area contributed by atoms with E-state index in [0.29, 0.717) is 36.6 Å². The first-order valence-corrected chi connectivity index (χ1v) is 8.03. The van der Waals surface area contributed by atoms with E-state index in [1.165, 1.54) is 0 Å². The van der Waals surface area contributed by atoms with Crippen molar-refractivity contribution in [2.75, 3.05) is 6.61 Å². The van der Waals surface area contributed by atoms with Crippen LogP contribution in [0.1, 0.15) is 51.0 Å². The predicted octanol–water partition coefficient (Wildman–Crippen LogP) is 4.46. The first kappa shape index (κ1) is 18.5. The number of aryl methyl sites for hydroxylation is 1. The average molecular weight is 327 g/mol. The summed E-state index contributed by atoms with van der Waals surface area (Å²) in [6.07, 6.45) is 3.75. The molecule has 1 rings (SSSR count). The Labute approximate surface area is 136 Å². The van der Waals surface area contributed by atoms with Gasteiger partial charge in [0.15, 0.2) is 0 Å². The number of esters is 2. The van der Waals surface area contributed by atoms with Crippen molar-refractivity contribution in [2.45, 2.75) is 52.4 Å². The molecule has 0 spiro atoms. The van der Waals surface area contributed by atoms with Gasteiger partial charge in [0.2, 0.25) is 0 Å². The predicted molar refractivity (Wildman–Crippen MR) is 86.2 cm³/mol. The first-order valence-electron chi connectivity index (χ1n) is 7.65. The van der Waals surface area contributed by atoms with Crippen LogP contribution in [0.25, 0.3) is 0 Å². The van der Waals surface area contributed by atoms with Crippen molar-refractivity contribution < 1.29 is 19.1 Å². The lowest BCUT2D eigenvalue weighted by molar-refractivity contribution is -0.144.